The minimum absolute atomic E-state index is 0.0409. The first-order chi connectivity index (χ1) is 12.0. The molecule has 9 heteroatoms. The second-order valence-electron chi connectivity index (χ2n) is 6.96. The molecule has 26 heavy (non-hydrogen) atoms. The summed E-state index contributed by atoms with van der Waals surface area (Å²) in [5, 5.41) is 11.6. The number of nitro groups is 1. The third-order valence-corrected chi connectivity index (χ3v) is 3.97. The maximum Gasteiger partial charge on any atom is 0.534 e. The van der Waals surface area contributed by atoms with Gasteiger partial charge < -0.3 is 4.74 Å². The Morgan fingerprint density at radius 1 is 1.23 bits per heavy atom. The van der Waals surface area contributed by atoms with Crippen LogP contribution in [0.5, 0.6) is 0 Å². The van der Waals surface area contributed by atoms with E-state index in [1.54, 1.807) is 12.1 Å². The van der Waals surface area contributed by atoms with E-state index in [1.807, 2.05) is 20.8 Å². The van der Waals surface area contributed by atoms with Crippen LogP contribution in [0.15, 0.2) is 18.2 Å². The molecule has 1 saturated heterocycles. The smallest absolute Gasteiger partial charge is 0.425 e. The fourth-order valence-corrected chi connectivity index (χ4v) is 2.47. The molecule has 1 aliphatic heterocycles. The predicted molar refractivity (Wildman–Crippen MR) is 88.9 cm³/mol. The molecule has 1 aromatic rings. The van der Waals surface area contributed by atoms with E-state index >= 15 is 0 Å². The lowest BCUT2D eigenvalue weighted by Crippen LogP contribution is -2.32. The van der Waals surface area contributed by atoms with Crippen LogP contribution in [-0.2, 0) is 24.6 Å². The number of hydrogen-bond acceptors (Lipinski definition) is 7. The van der Waals surface area contributed by atoms with Crippen LogP contribution in [0.3, 0.4) is 0 Å². The Labute approximate surface area is 150 Å². The van der Waals surface area contributed by atoms with Gasteiger partial charge in [0.2, 0.25) is 0 Å². The fourth-order valence-electron chi connectivity index (χ4n) is 2.47. The summed E-state index contributed by atoms with van der Waals surface area (Å²) in [4.78, 5) is 50.1. The molecule has 1 fully saturated rings. The van der Waals surface area contributed by atoms with Crippen LogP contribution in [0, 0.1) is 10.1 Å². The second-order valence-corrected chi connectivity index (χ2v) is 6.96. The van der Waals surface area contributed by atoms with Gasteiger partial charge in [0.25, 0.3) is 17.5 Å². The van der Waals surface area contributed by atoms with Crippen LogP contribution in [0.4, 0.5) is 10.5 Å². The average molecular weight is 364 g/mol. The maximum absolute atomic E-state index is 11.9. The van der Waals surface area contributed by atoms with Gasteiger partial charge in [-0.15, -0.1) is 0 Å². The minimum atomic E-state index is -1.28. The van der Waals surface area contributed by atoms with E-state index in [-0.39, 0.29) is 29.5 Å². The quantitative estimate of drug-likeness (QED) is 0.348. The zero-order valence-electron chi connectivity index (χ0n) is 15.0. The van der Waals surface area contributed by atoms with Crippen molar-refractivity contribution in [2.24, 2.45) is 0 Å². The number of hydroxylamine groups is 2. The molecule has 0 spiro atoms. The number of amides is 2. The lowest BCUT2D eigenvalue weighted by Gasteiger charge is -2.21. The van der Waals surface area contributed by atoms with E-state index in [0.717, 1.165) is 5.56 Å². The fraction of sp³-hybridized carbons (Fsp3) is 0.471. The van der Waals surface area contributed by atoms with E-state index in [2.05, 4.69) is 4.84 Å². The standard InChI is InChI=1S/C17H20N2O7/c1-10(25-16(22)26-18-14(20)7-8-15(18)21)12-9-11(17(2,3)4)5-6-13(12)19(23)24/h5-6,9-10H,7-8H2,1-4H3. The van der Waals surface area contributed by atoms with Gasteiger partial charge >= 0.3 is 6.16 Å². The van der Waals surface area contributed by atoms with E-state index in [9.17, 15) is 24.5 Å². The van der Waals surface area contributed by atoms with Crippen molar-refractivity contribution < 1.29 is 28.9 Å². The van der Waals surface area contributed by atoms with E-state index in [0.29, 0.717) is 5.06 Å². The summed E-state index contributed by atoms with van der Waals surface area (Å²) in [5.41, 5.74) is 0.551. The first-order valence-electron chi connectivity index (χ1n) is 8.04. The monoisotopic (exact) mass is 364 g/mol. The highest BCUT2D eigenvalue weighted by atomic mass is 16.8. The predicted octanol–water partition coefficient (Wildman–Crippen LogP) is 3.17. The Kier molecular flexibility index (Phi) is 5.29. The van der Waals surface area contributed by atoms with Crippen LogP contribution >= 0.6 is 0 Å². The molecule has 0 radical (unpaired) electrons. The maximum atomic E-state index is 11.9. The van der Waals surface area contributed by atoms with E-state index < -0.39 is 29.0 Å². The average Bonchev–Trinajstić information content (AvgIpc) is 2.85. The Hall–Kier alpha value is -2.97. The van der Waals surface area contributed by atoms with Crippen molar-refractivity contribution in [2.75, 3.05) is 0 Å². The summed E-state index contributed by atoms with van der Waals surface area (Å²) in [6.07, 6.45) is -2.38. The number of benzene rings is 1. The number of carbonyl (C=O) groups excluding carboxylic acids is 3. The highest BCUT2D eigenvalue weighted by Crippen LogP contribution is 2.33. The summed E-state index contributed by atoms with van der Waals surface area (Å²) < 4.78 is 5.04. The summed E-state index contributed by atoms with van der Waals surface area (Å²) >= 11 is 0. The zero-order chi connectivity index (χ0) is 19.6. The van der Waals surface area contributed by atoms with Crippen LogP contribution in [0.2, 0.25) is 0 Å². The minimum Gasteiger partial charge on any atom is -0.425 e. The van der Waals surface area contributed by atoms with Gasteiger partial charge in [-0.3, -0.25) is 24.5 Å². The lowest BCUT2D eigenvalue weighted by molar-refractivity contribution is -0.386. The molecule has 1 aromatic carbocycles. The van der Waals surface area contributed by atoms with Crippen LogP contribution in [-0.4, -0.2) is 28.0 Å². The Balaban J connectivity index is 2.20. The van der Waals surface area contributed by atoms with Crippen molar-refractivity contribution in [1.29, 1.82) is 0 Å². The highest BCUT2D eigenvalue weighted by molar-refractivity contribution is 6.01. The topological polar surface area (TPSA) is 116 Å². The lowest BCUT2D eigenvalue weighted by atomic mass is 9.85. The molecule has 9 nitrogen and oxygen atoms in total. The number of imide groups is 1. The third kappa shape index (κ3) is 4.16. The van der Waals surface area contributed by atoms with Gasteiger partial charge in [0.15, 0.2) is 0 Å². The van der Waals surface area contributed by atoms with Gasteiger partial charge in [-0.25, -0.2) is 4.79 Å². The molecule has 0 aromatic heterocycles. The first-order valence-corrected chi connectivity index (χ1v) is 8.04. The number of nitrogens with zero attached hydrogens (tertiary/aromatic N) is 2. The van der Waals surface area contributed by atoms with Crippen LogP contribution in [0.1, 0.15) is 57.8 Å². The molecule has 0 aliphatic carbocycles. The number of nitro benzene ring substituents is 1. The van der Waals surface area contributed by atoms with Gasteiger partial charge in [-0.1, -0.05) is 31.9 Å². The Morgan fingerprint density at radius 2 is 1.81 bits per heavy atom. The third-order valence-electron chi connectivity index (χ3n) is 3.97. The molecule has 2 rings (SSSR count). The largest absolute Gasteiger partial charge is 0.534 e. The molecule has 1 aliphatic rings. The summed E-state index contributed by atoms with van der Waals surface area (Å²) in [6, 6.07) is 4.60. The van der Waals surface area contributed by atoms with Crippen molar-refractivity contribution in [2.45, 2.75) is 52.1 Å². The molecule has 140 valence electrons. The van der Waals surface area contributed by atoms with Gasteiger partial charge in [-0.2, -0.15) is 0 Å². The van der Waals surface area contributed by atoms with Crippen molar-refractivity contribution in [3.05, 3.63) is 39.4 Å². The molecule has 0 saturated carbocycles. The van der Waals surface area contributed by atoms with Crippen molar-refractivity contribution in [1.82, 2.24) is 5.06 Å². The molecule has 0 bridgehead atoms. The number of rotatable bonds is 4. The van der Waals surface area contributed by atoms with E-state index in [4.69, 9.17) is 4.74 Å². The van der Waals surface area contributed by atoms with E-state index in [1.165, 1.54) is 13.0 Å². The first kappa shape index (κ1) is 19.4. The van der Waals surface area contributed by atoms with Crippen molar-refractivity contribution in [3.8, 4) is 0 Å². The Morgan fingerprint density at radius 3 is 2.31 bits per heavy atom. The van der Waals surface area contributed by atoms with Gasteiger partial charge in [0, 0.05) is 18.9 Å². The van der Waals surface area contributed by atoms with Gasteiger partial charge in [-0.05, 0) is 24.0 Å². The molecular formula is C17H20N2O7. The SMILES string of the molecule is CC(OC(=O)ON1C(=O)CCC1=O)c1cc(C(C)(C)C)ccc1[N+](=O)[O-]. The Bertz CT molecular complexity index is 751. The molecular weight excluding hydrogens is 344 g/mol. The number of carbonyl (C=O) groups is 3. The van der Waals surface area contributed by atoms with Crippen LogP contribution < -0.4 is 0 Å². The summed E-state index contributed by atoms with van der Waals surface area (Å²) in [7, 11) is 0. The molecule has 1 unspecified atom stereocenters. The van der Waals surface area contributed by atoms with Gasteiger partial charge in [0.05, 0.1) is 10.5 Å². The summed E-state index contributed by atoms with van der Waals surface area (Å²) in [5.74, 6) is -1.28. The highest BCUT2D eigenvalue weighted by Gasteiger charge is 2.34. The van der Waals surface area contributed by atoms with Crippen LogP contribution in [0.25, 0.3) is 0 Å². The second kappa shape index (κ2) is 7.11. The van der Waals surface area contributed by atoms with Gasteiger partial charge in [0.1, 0.15) is 6.10 Å². The zero-order valence-corrected chi connectivity index (χ0v) is 15.0. The summed E-state index contributed by atoms with van der Waals surface area (Å²) in [6.45, 7) is 7.29. The molecule has 0 N–H and O–H groups in total. The number of ether oxygens (including phenoxy) is 1. The molecule has 2 amide bonds. The normalized spacial score (nSPS) is 15.8. The molecule has 1 heterocycles. The van der Waals surface area contributed by atoms with Crippen molar-refractivity contribution >= 4 is 23.7 Å². The number of hydrogen-bond donors (Lipinski definition) is 0. The molecule has 1 atom stereocenters. The van der Waals surface area contributed by atoms with Crippen molar-refractivity contribution in [3.63, 3.8) is 0 Å².